The molecule has 1 aromatic heterocycles. The maximum Gasteiger partial charge on any atom is 0.317 e. The molecule has 0 radical (unpaired) electrons. The van der Waals surface area contributed by atoms with Gasteiger partial charge in [-0.15, -0.1) is 0 Å². The molecule has 2 N–H and O–H groups in total. The summed E-state index contributed by atoms with van der Waals surface area (Å²) in [5.41, 5.74) is 0.677. The number of nitrogens with one attached hydrogen (secondary N) is 1. The number of carboxylic acids is 1. The molecule has 0 aliphatic carbocycles. The van der Waals surface area contributed by atoms with Crippen LogP contribution in [-0.4, -0.2) is 40.3 Å². The summed E-state index contributed by atoms with van der Waals surface area (Å²) in [6, 6.07) is 1.57. The van der Waals surface area contributed by atoms with E-state index in [2.05, 4.69) is 10.5 Å². The summed E-state index contributed by atoms with van der Waals surface area (Å²) in [5.74, 6) is -0.462. The van der Waals surface area contributed by atoms with Crippen molar-refractivity contribution in [3.63, 3.8) is 0 Å². The highest BCUT2D eigenvalue weighted by molar-refractivity contribution is 5.74. The zero-order valence-corrected chi connectivity index (χ0v) is 12.1. The molecular weight excluding hydrogens is 274 g/mol. The molecule has 21 heavy (non-hydrogen) atoms. The SMILES string of the molecule is CC(CC(=O)O)C1CCCN(C(=O)NCc2ccon2)C1. The van der Waals surface area contributed by atoms with Gasteiger partial charge in [0.05, 0.1) is 6.54 Å². The van der Waals surface area contributed by atoms with Gasteiger partial charge in [-0.05, 0) is 24.7 Å². The molecule has 2 rings (SSSR count). The first-order chi connectivity index (χ1) is 10.1. The zero-order valence-electron chi connectivity index (χ0n) is 12.1. The fourth-order valence-electron chi connectivity index (χ4n) is 2.71. The molecule has 7 heteroatoms. The average Bonchev–Trinajstić information content (AvgIpc) is 2.97. The highest BCUT2D eigenvalue weighted by Gasteiger charge is 2.28. The Morgan fingerprint density at radius 1 is 1.62 bits per heavy atom. The molecule has 0 aromatic carbocycles. The average molecular weight is 295 g/mol. The molecule has 1 fully saturated rings. The largest absolute Gasteiger partial charge is 0.481 e. The highest BCUT2D eigenvalue weighted by atomic mass is 16.5. The van der Waals surface area contributed by atoms with E-state index in [0.717, 1.165) is 12.8 Å². The number of likely N-dealkylation sites (tertiary alicyclic amines) is 1. The lowest BCUT2D eigenvalue weighted by Gasteiger charge is -2.35. The van der Waals surface area contributed by atoms with E-state index in [-0.39, 0.29) is 24.3 Å². The van der Waals surface area contributed by atoms with E-state index in [4.69, 9.17) is 9.63 Å². The third-order valence-corrected chi connectivity index (χ3v) is 3.96. The number of hydrogen-bond donors (Lipinski definition) is 2. The Hall–Kier alpha value is -2.05. The maximum absolute atomic E-state index is 12.1. The van der Waals surface area contributed by atoms with Gasteiger partial charge in [-0.2, -0.15) is 0 Å². The minimum Gasteiger partial charge on any atom is -0.481 e. The van der Waals surface area contributed by atoms with Gasteiger partial charge < -0.3 is 19.8 Å². The lowest BCUT2D eigenvalue weighted by Crippen LogP contribution is -2.46. The van der Waals surface area contributed by atoms with Crippen molar-refractivity contribution in [1.29, 1.82) is 0 Å². The Balaban J connectivity index is 1.82. The van der Waals surface area contributed by atoms with Crippen molar-refractivity contribution < 1.29 is 19.2 Å². The van der Waals surface area contributed by atoms with Gasteiger partial charge in [0.15, 0.2) is 0 Å². The zero-order chi connectivity index (χ0) is 15.2. The van der Waals surface area contributed by atoms with Crippen molar-refractivity contribution in [1.82, 2.24) is 15.4 Å². The minimum absolute atomic E-state index is 0.0774. The molecule has 2 atom stereocenters. The summed E-state index contributed by atoms with van der Waals surface area (Å²) in [6.07, 6.45) is 3.50. The summed E-state index contributed by atoms with van der Waals surface area (Å²) in [5, 5.41) is 15.4. The van der Waals surface area contributed by atoms with Gasteiger partial charge >= 0.3 is 12.0 Å². The topological polar surface area (TPSA) is 95.7 Å². The molecule has 1 saturated heterocycles. The van der Waals surface area contributed by atoms with Crippen LogP contribution in [-0.2, 0) is 11.3 Å². The lowest BCUT2D eigenvalue weighted by atomic mass is 9.85. The van der Waals surface area contributed by atoms with Crippen LogP contribution in [0.1, 0.15) is 31.9 Å². The van der Waals surface area contributed by atoms with Crippen LogP contribution in [0.25, 0.3) is 0 Å². The number of aliphatic carboxylic acids is 1. The van der Waals surface area contributed by atoms with E-state index < -0.39 is 5.97 Å². The standard InChI is InChI=1S/C14H21N3O4/c1-10(7-13(18)19)11-3-2-5-17(9-11)14(20)15-8-12-4-6-21-16-12/h4,6,10-11H,2-3,5,7-9H2,1H3,(H,15,20)(H,18,19). The van der Waals surface area contributed by atoms with Crippen LogP contribution in [0.3, 0.4) is 0 Å². The molecular formula is C14H21N3O4. The van der Waals surface area contributed by atoms with Gasteiger partial charge in [-0.1, -0.05) is 12.1 Å². The Bertz CT molecular complexity index is 475. The Labute approximate surface area is 123 Å². The van der Waals surface area contributed by atoms with Crippen LogP contribution in [0.5, 0.6) is 0 Å². The second-order valence-corrected chi connectivity index (χ2v) is 5.57. The van der Waals surface area contributed by atoms with E-state index in [1.165, 1.54) is 6.26 Å². The second-order valence-electron chi connectivity index (χ2n) is 5.57. The molecule has 1 aliphatic rings. The number of amides is 2. The predicted octanol–water partition coefficient (Wildman–Crippen LogP) is 1.71. The fourth-order valence-corrected chi connectivity index (χ4v) is 2.71. The second kappa shape index (κ2) is 7.10. The summed E-state index contributed by atoms with van der Waals surface area (Å²) >= 11 is 0. The number of aromatic nitrogens is 1. The molecule has 0 spiro atoms. The number of carboxylic acid groups (broad SMARTS) is 1. The number of carbonyl (C=O) groups excluding carboxylic acids is 1. The molecule has 1 aliphatic heterocycles. The van der Waals surface area contributed by atoms with E-state index in [1.807, 2.05) is 6.92 Å². The van der Waals surface area contributed by atoms with Crippen molar-refractivity contribution >= 4 is 12.0 Å². The van der Waals surface area contributed by atoms with Crippen molar-refractivity contribution in [2.75, 3.05) is 13.1 Å². The Morgan fingerprint density at radius 2 is 2.43 bits per heavy atom. The quantitative estimate of drug-likeness (QED) is 0.862. The molecule has 2 heterocycles. The lowest BCUT2D eigenvalue weighted by molar-refractivity contribution is -0.138. The van der Waals surface area contributed by atoms with E-state index in [1.54, 1.807) is 11.0 Å². The van der Waals surface area contributed by atoms with Gasteiger partial charge in [-0.3, -0.25) is 4.79 Å². The van der Waals surface area contributed by atoms with Crippen molar-refractivity contribution in [3.05, 3.63) is 18.0 Å². The number of hydrogen-bond acceptors (Lipinski definition) is 4. The van der Waals surface area contributed by atoms with Crippen LogP contribution in [0.15, 0.2) is 16.9 Å². The summed E-state index contributed by atoms with van der Waals surface area (Å²) in [7, 11) is 0. The van der Waals surface area contributed by atoms with Gasteiger partial charge in [0.2, 0.25) is 0 Å². The first-order valence-corrected chi connectivity index (χ1v) is 7.20. The molecule has 1 aromatic rings. The molecule has 7 nitrogen and oxygen atoms in total. The fraction of sp³-hybridized carbons (Fsp3) is 0.643. The molecule has 0 saturated carbocycles. The summed E-state index contributed by atoms with van der Waals surface area (Å²) in [4.78, 5) is 24.7. The van der Waals surface area contributed by atoms with Gasteiger partial charge in [0, 0.05) is 25.6 Å². The number of rotatable bonds is 5. The molecule has 2 unspecified atom stereocenters. The van der Waals surface area contributed by atoms with Crippen LogP contribution in [0.2, 0.25) is 0 Å². The van der Waals surface area contributed by atoms with Gasteiger partial charge in [-0.25, -0.2) is 4.79 Å². The monoisotopic (exact) mass is 295 g/mol. The summed E-state index contributed by atoms with van der Waals surface area (Å²) in [6.45, 7) is 3.59. The predicted molar refractivity (Wildman–Crippen MR) is 74.5 cm³/mol. The Morgan fingerprint density at radius 3 is 3.10 bits per heavy atom. The smallest absolute Gasteiger partial charge is 0.317 e. The minimum atomic E-state index is -0.782. The van der Waals surface area contributed by atoms with Crippen LogP contribution in [0.4, 0.5) is 4.79 Å². The molecule has 116 valence electrons. The number of urea groups is 1. The van der Waals surface area contributed by atoms with E-state index in [9.17, 15) is 9.59 Å². The number of nitrogens with zero attached hydrogens (tertiary/aromatic N) is 2. The van der Waals surface area contributed by atoms with Gasteiger partial charge in [0.25, 0.3) is 0 Å². The van der Waals surface area contributed by atoms with E-state index in [0.29, 0.717) is 25.3 Å². The molecule has 2 amide bonds. The maximum atomic E-state index is 12.1. The first kappa shape index (κ1) is 15.3. The van der Waals surface area contributed by atoms with Gasteiger partial charge in [0.1, 0.15) is 12.0 Å². The van der Waals surface area contributed by atoms with Crippen molar-refractivity contribution in [2.45, 2.75) is 32.7 Å². The Kier molecular flexibility index (Phi) is 5.19. The van der Waals surface area contributed by atoms with Crippen molar-refractivity contribution in [2.24, 2.45) is 11.8 Å². The van der Waals surface area contributed by atoms with Crippen LogP contribution in [0, 0.1) is 11.8 Å². The van der Waals surface area contributed by atoms with Crippen molar-refractivity contribution in [3.8, 4) is 0 Å². The number of carbonyl (C=O) groups is 2. The third-order valence-electron chi connectivity index (χ3n) is 3.96. The van der Waals surface area contributed by atoms with Crippen LogP contribution >= 0.6 is 0 Å². The molecule has 0 bridgehead atoms. The number of piperidine rings is 1. The van der Waals surface area contributed by atoms with E-state index >= 15 is 0 Å². The normalized spacial score (nSPS) is 20.0. The summed E-state index contributed by atoms with van der Waals surface area (Å²) < 4.78 is 4.71. The van der Waals surface area contributed by atoms with Crippen LogP contribution < -0.4 is 5.32 Å². The highest BCUT2D eigenvalue weighted by Crippen LogP contribution is 2.26. The third kappa shape index (κ3) is 4.47. The first-order valence-electron chi connectivity index (χ1n) is 7.20.